The maximum atomic E-state index is 12.6. The second-order valence-electron chi connectivity index (χ2n) is 2.44. The zero-order valence-corrected chi connectivity index (χ0v) is 6.63. The van der Waals surface area contributed by atoms with Gasteiger partial charge in [0.05, 0.1) is 0 Å². The lowest BCUT2D eigenvalue weighted by Gasteiger charge is -1.94. The smallest absolute Gasteiger partial charge is 0.241 e. The Labute approximate surface area is 73.7 Å². The van der Waals surface area contributed by atoms with E-state index >= 15 is 0 Å². The van der Waals surface area contributed by atoms with Gasteiger partial charge in [-0.25, -0.2) is 8.78 Å². The van der Waals surface area contributed by atoms with Crippen molar-refractivity contribution in [3.8, 4) is 0 Å². The second-order valence-corrected chi connectivity index (χ2v) is 2.44. The van der Waals surface area contributed by atoms with Gasteiger partial charge in [0, 0.05) is 12.1 Å². The summed E-state index contributed by atoms with van der Waals surface area (Å²) in [4.78, 5) is 10.3. The lowest BCUT2D eigenvalue weighted by atomic mass is 10.2. The topological polar surface area (TPSA) is 43.1 Å². The number of benzene rings is 1. The molecule has 1 rings (SSSR count). The van der Waals surface area contributed by atoms with Crippen molar-refractivity contribution in [1.29, 1.82) is 0 Å². The van der Waals surface area contributed by atoms with Crippen LogP contribution in [0.25, 0.3) is 6.08 Å². The Morgan fingerprint density at radius 3 is 2.23 bits per heavy atom. The average molecular weight is 183 g/mol. The highest BCUT2D eigenvalue weighted by molar-refractivity contribution is 5.90. The van der Waals surface area contributed by atoms with Crippen LogP contribution in [0.15, 0.2) is 24.3 Å². The highest BCUT2D eigenvalue weighted by Crippen LogP contribution is 2.08. The third-order valence-corrected chi connectivity index (χ3v) is 1.32. The lowest BCUT2D eigenvalue weighted by molar-refractivity contribution is -0.113. The van der Waals surface area contributed by atoms with Gasteiger partial charge in [0.25, 0.3) is 0 Å². The van der Waals surface area contributed by atoms with Crippen molar-refractivity contribution in [3.05, 3.63) is 41.5 Å². The Morgan fingerprint density at radius 2 is 1.77 bits per heavy atom. The first kappa shape index (κ1) is 9.38. The van der Waals surface area contributed by atoms with E-state index in [4.69, 9.17) is 5.73 Å². The highest BCUT2D eigenvalue weighted by Gasteiger charge is 1.97. The minimum Gasteiger partial charge on any atom is -0.366 e. The predicted molar refractivity (Wildman–Crippen MR) is 44.6 cm³/mol. The molecular weight excluding hydrogens is 176 g/mol. The molecule has 0 aliphatic heterocycles. The van der Waals surface area contributed by atoms with Gasteiger partial charge < -0.3 is 5.73 Å². The first-order valence-corrected chi connectivity index (χ1v) is 3.51. The SMILES string of the molecule is NC(=O)/C=C/c1cc(F)cc(F)c1. The molecule has 0 aliphatic rings. The fraction of sp³-hybridized carbons (Fsp3) is 0. The number of amides is 1. The number of hydrogen-bond acceptors (Lipinski definition) is 1. The van der Waals surface area contributed by atoms with E-state index < -0.39 is 17.5 Å². The number of carbonyl (C=O) groups is 1. The zero-order chi connectivity index (χ0) is 9.84. The van der Waals surface area contributed by atoms with Crippen LogP contribution in [0.5, 0.6) is 0 Å². The van der Waals surface area contributed by atoms with E-state index in [0.29, 0.717) is 0 Å². The molecule has 0 saturated heterocycles. The molecule has 1 aromatic carbocycles. The van der Waals surface area contributed by atoms with E-state index in [1.54, 1.807) is 0 Å². The Balaban J connectivity index is 2.95. The Hall–Kier alpha value is -1.71. The van der Waals surface area contributed by atoms with Crippen molar-refractivity contribution in [2.24, 2.45) is 5.73 Å². The summed E-state index contributed by atoms with van der Waals surface area (Å²) in [5.41, 5.74) is 5.06. The molecule has 0 saturated carbocycles. The van der Waals surface area contributed by atoms with Crippen LogP contribution in [0.2, 0.25) is 0 Å². The molecule has 0 fully saturated rings. The van der Waals surface area contributed by atoms with Crippen molar-refractivity contribution < 1.29 is 13.6 Å². The standard InChI is InChI=1S/C9H7F2NO/c10-7-3-6(1-2-9(12)13)4-8(11)5-7/h1-5H,(H2,12,13)/b2-1+. The number of rotatable bonds is 2. The molecule has 0 radical (unpaired) electrons. The molecule has 0 aliphatic carbocycles. The van der Waals surface area contributed by atoms with Crippen molar-refractivity contribution >= 4 is 12.0 Å². The maximum absolute atomic E-state index is 12.6. The first-order chi connectivity index (χ1) is 6.08. The summed E-state index contributed by atoms with van der Waals surface area (Å²) >= 11 is 0. The molecule has 68 valence electrons. The number of carbonyl (C=O) groups excluding carboxylic acids is 1. The maximum Gasteiger partial charge on any atom is 0.241 e. The van der Waals surface area contributed by atoms with E-state index in [1.807, 2.05) is 0 Å². The van der Waals surface area contributed by atoms with Crippen LogP contribution < -0.4 is 5.73 Å². The molecule has 2 nitrogen and oxygen atoms in total. The van der Waals surface area contributed by atoms with E-state index in [-0.39, 0.29) is 5.56 Å². The Morgan fingerprint density at radius 1 is 1.23 bits per heavy atom. The number of primary amides is 1. The third kappa shape index (κ3) is 3.02. The van der Waals surface area contributed by atoms with Gasteiger partial charge in [-0.15, -0.1) is 0 Å². The molecule has 13 heavy (non-hydrogen) atoms. The summed E-state index contributed by atoms with van der Waals surface area (Å²) in [7, 11) is 0. The molecule has 0 spiro atoms. The number of hydrogen-bond donors (Lipinski definition) is 1. The summed E-state index contributed by atoms with van der Waals surface area (Å²) < 4.78 is 25.1. The van der Waals surface area contributed by atoms with E-state index in [0.717, 1.165) is 24.3 Å². The fourth-order valence-electron chi connectivity index (χ4n) is 0.850. The zero-order valence-electron chi connectivity index (χ0n) is 6.63. The van der Waals surface area contributed by atoms with Crippen LogP contribution in [-0.4, -0.2) is 5.91 Å². The summed E-state index contributed by atoms with van der Waals surface area (Å²) in [6.07, 6.45) is 2.28. The van der Waals surface area contributed by atoms with Crippen LogP contribution in [0.3, 0.4) is 0 Å². The van der Waals surface area contributed by atoms with Crippen molar-refractivity contribution in [3.63, 3.8) is 0 Å². The van der Waals surface area contributed by atoms with E-state index in [2.05, 4.69) is 0 Å². The van der Waals surface area contributed by atoms with Gasteiger partial charge >= 0.3 is 0 Å². The molecule has 4 heteroatoms. The molecular formula is C9H7F2NO. The Kier molecular flexibility index (Phi) is 2.74. The predicted octanol–water partition coefficient (Wildman–Crippen LogP) is 1.46. The summed E-state index contributed by atoms with van der Waals surface area (Å²) in [5, 5.41) is 0. The molecule has 0 aromatic heterocycles. The third-order valence-electron chi connectivity index (χ3n) is 1.32. The van der Waals surface area contributed by atoms with Gasteiger partial charge in [-0.05, 0) is 23.8 Å². The molecule has 0 unspecified atom stereocenters. The fourth-order valence-corrected chi connectivity index (χ4v) is 0.850. The molecule has 0 atom stereocenters. The molecule has 0 bridgehead atoms. The molecule has 2 N–H and O–H groups in total. The van der Waals surface area contributed by atoms with Crippen molar-refractivity contribution in [1.82, 2.24) is 0 Å². The van der Waals surface area contributed by atoms with Gasteiger partial charge in [0.1, 0.15) is 11.6 Å². The van der Waals surface area contributed by atoms with Crippen LogP contribution in [0, 0.1) is 11.6 Å². The summed E-state index contributed by atoms with van der Waals surface area (Å²) in [6, 6.07) is 2.95. The van der Waals surface area contributed by atoms with Crippen LogP contribution in [0.1, 0.15) is 5.56 Å². The molecule has 1 aromatic rings. The van der Waals surface area contributed by atoms with Gasteiger partial charge in [0.2, 0.25) is 5.91 Å². The second kappa shape index (κ2) is 3.80. The van der Waals surface area contributed by atoms with Gasteiger partial charge in [-0.2, -0.15) is 0 Å². The Bertz CT molecular complexity index is 340. The summed E-state index contributed by atoms with van der Waals surface area (Å²) in [5.74, 6) is -2.04. The van der Waals surface area contributed by atoms with Crippen LogP contribution in [-0.2, 0) is 4.79 Å². The van der Waals surface area contributed by atoms with Gasteiger partial charge in [-0.3, -0.25) is 4.79 Å². The quantitative estimate of drug-likeness (QED) is 0.693. The van der Waals surface area contributed by atoms with Crippen molar-refractivity contribution in [2.75, 3.05) is 0 Å². The lowest BCUT2D eigenvalue weighted by Crippen LogP contribution is -2.05. The minimum absolute atomic E-state index is 0.260. The normalized spacial score (nSPS) is 10.6. The van der Waals surface area contributed by atoms with Crippen LogP contribution in [0.4, 0.5) is 8.78 Å². The number of nitrogens with two attached hydrogens (primary N) is 1. The average Bonchev–Trinajstić information content (AvgIpc) is 1.99. The minimum atomic E-state index is -0.691. The van der Waals surface area contributed by atoms with Gasteiger partial charge in [0.15, 0.2) is 0 Å². The summed E-state index contributed by atoms with van der Waals surface area (Å²) in [6.45, 7) is 0. The largest absolute Gasteiger partial charge is 0.366 e. The monoisotopic (exact) mass is 183 g/mol. The van der Waals surface area contributed by atoms with Crippen molar-refractivity contribution in [2.45, 2.75) is 0 Å². The van der Waals surface area contributed by atoms with Gasteiger partial charge in [-0.1, -0.05) is 0 Å². The van der Waals surface area contributed by atoms with E-state index in [9.17, 15) is 13.6 Å². The molecule has 1 amide bonds. The molecule has 0 heterocycles. The highest BCUT2D eigenvalue weighted by atomic mass is 19.1. The van der Waals surface area contributed by atoms with E-state index in [1.165, 1.54) is 6.08 Å². The number of halogens is 2. The first-order valence-electron chi connectivity index (χ1n) is 3.51. The van der Waals surface area contributed by atoms with Crippen LogP contribution >= 0.6 is 0 Å².